The number of halogens is 2. The van der Waals surface area contributed by atoms with Crippen LogP contribution in [0.2, 0.25) is 0 Å². The largest absolute Gasteiger partial charge is 0.464 e. The first-order valence-electron chi connectivity index (χ1n) is 12.6. The number of ether oxygens (including phenoxy) is 1. The van der Waals surface area contributed by atoms with Crippen LogP contribution in [0.1, 0.15) is 25.0 Å². The predicted molar refractivity (Wildman–Crippen MR) is 152 cm³/mol. The Labute approximate surface area is 233 Å². The summed E-state index contributed by atoms with van der Waals surface area (Å²) >= 11 is 11.8. The van der Waals surface area contributed by atoms with E-state index in [0.717, 1.165) is 27.7 Å². The van der Waals surface area contributed by atoms with Crippen molar-refractivity contribution in [1.29, 1.82) is 0 Å². The maximum absolute atomic E-state index is 13.4. The average molecular weight is 562 g/mol. The zero-order valence-corrected chi connectivity index (χ0v) is 23.1. The molecular weight excluding hydrogens is 527 g/mol. The molecule has 0 bridgehead atoms. The highest BCUT2D eigenvalue weighted by atomic mass is 35.5. The number of aromatic amines is 1. The van der Waals surface area contributed by atoms with Gasteiger partial charge in [-0.2, -0.15) is 0 Å². The number of carbonyl (C=O) groups is 3. The number of anilines is 1. The molecule has 1 aromatic heterocycles. The van der Waals surface area contributed by atoms with Gasteiger partial charge in [0.15, 0.2) is 0 Å². The lowest BCUT2D eigenvalue weighted by molar-refractivity contribution is -0.147. The van der Waals surface area contributed by atoms with Crippen LogP contribution in [0.4, 0.5) is 5.69 Å². The van der Waals surface area contributed by atoms with Crippen molar-refractivity contribution in [2.24, 2.45) is 0 Å². The minimum atomic E-state index is -0.917. The monoisotopic (exact) mass is 560 g/mol. The second kappa shape index (κ2) is 14.6. The number of nitrogens with one attached hydrogen (secondary N) is 3. The molecule has 0 saturated heterocycles. The van der Waals surface area contributed by atoms with Crippen LogP contribution in [0.25, 0.3) is 10.9 Å². The molecule has 0 aliphatic carbocycles. The summed E-state index contributed by atoms with van der Waals surface area (Å²) < 4.78 is 5.25. The van der Waals surface area contributed by atoms with Gasteiger partial charge in [-0.1, -0.05) is 30.3 Å². The van der Waals surface area contributed by atoms with Crippen LogP contribution in [0.3, 0.4) is 0 Å². The lowest BCUT2D eigenvalue weighted by Crippen LogP contribution is -2.53. The number of benzene rings is 2. The molecular formula is C28H34Cl2N4O4. The third-order valence-electron chi connectivity index (χ3n) is 6.13. The van der Waals surface area contributed by atoms with Gasteiger partial charge in [0.2, 0.25) is 11.8 Å². The second-order valence-electron chi connectivity index (χ2n) is 8.87. The Morgan fingerprint density at radius 1 is 0.947 bits per heavy atom. The Morgan fingerprint density at radius 3 is 2.26 bits per heavy atom. The van der Waals surface area contributed by atoms with Gasteiger partial charge in [0.1, 0.15) is 12.1 Å². The van der Waals surface area contributed by atoms with E-state index in [4.69, 9.17) is 27.9 Å². The Bertz CT molecular complexity index is 1210. The number of carbonyl (C=O) groups excluding carboxylic acids is 3. The van der Waals surface area contributed by atoms with Crippen LogP contribution in [-0.4, -0.2) is 66.3 Å². The maximum Gasteiger partial charge on any atom is 0.328 e. The number of aromatic nitrogens is 1. The van der Waals surface area contributed by atoms with Crippen LogP contribution >= 0.6 is 23.2 Å². The second-order valence-corrected chi connectivity index (χ2v) is 9.62. The van der Waals surface area contributed by atoms with Crippen LogP contribution < -0.4 is 15.5 Å². The molecule has 0 aliphatic rings. The van der Waals surface area contributed by atoms with E-state index >= 15 is 0 Å². The van der Waals surface area contributed by atoms with Crippen molar-refractivity contribution in [3.8, 4) is 0 Å². The highest BCUT2D eigenvalue weighted by molar-refractivity contribution is 6.18. The Hall–Kier alpha value is -3.23. The Morgan fingerprint density at radius 2 is 1.63 bits per heavy atom. The lowest BCUT2D eigenvalue weighted by atomic mass is 10.0. The molecule has 0 saturated carbocycles. The summed E-state index contributed by atoms with van der Waals surface area (Å²) in [6, 6.07) is 13.6. The predicted octanol–water partition coefficient (Wildman–Crippen LogP) is 3.79. The number of nitrogens with zero attached hydrogens (tertiary/aromatic N) is 1. The number of H-pyrrole nitrogens is 1. The zero-order chi connectivity index (χ0) is 27.5. The fourth-order valence-corrected chi connectivity index (χ4v) is 4.74. The molecule has 10 heteroatoms. The van der Waals surface area contributed by atoms with Crippen molar-refractivity contribution >= 4 is 57.6 Å². The number of esters is 1. The van der Waals surface area contributed by atoms with Gasteiger partial charge in [-0.05, 0) is 36.2 Å². The minimum Gasteiger partial charge on any atom is -0.464 e. The van der Waals surface area contributed by atoms with Crippen molar-refractivity contribution in [1.82, 2.24) is 15.6 Å². The summed E-state index contributed by atoms with van der Waals surface area (Å²) in [5.41, 5.74) is 3.64. The van der Waals surface area contributed by atoms with Crippen molar-refractivity contribution in [2.45, 2.75) is 38.8 Å². The minimum absolute atomic E-state index is 0.186. The molecule has 1 heterocycles. The van der Waals surface area contributed by atoms with E-state index in [1.807, 2.05) is 54.7 Å². The molecule has 204 valence electrons. The fourth-order valence-electron chi connectivity index (χ4n) is 4.34. The molecule has 0 unspecified atom stereocenters. The fraction of sp³-hybridized carbons (Fsp3) is 0.393. The van der Waals surface area contributed by atoms with Gasteiger partial charge < -0.3 is 25.3 Å². The van der Waals surface area contributed by atoms with Crippen LogP contribution in [0.15, 0.2) is 54.7 Å². The molecule has 3 aromatic rings. The normalized spacial score (nSPS) is 12.5. The summed E-state index contributed by atoms with van der Waals surface area (Å²) in [5.74, 6) is -0.391. The SMILES string of the molecule is CCOC(=O)[C@H](Cc1c[nH]c2ccccc12)NC(=O)[C@@H](Cc1ccc(N(CCCl)CCCl)cc1)NC(C)=O. The van der Waals surface area contributed by atoms with Crippen molar-refractivity contribution in [3.63, 3.8) is 0 Å². The summed E-state index contributed by atoms with van der Waals surface area (Å²) in [6.07, 6.45) is 2.32. The highest BCUT2D eigenvalue weighted by Gasteiger charge is 2.28. The summed E-state index contributed by atoms with van der Waals surface area (Å²) in [5, 5.41) is 6.49. The van der Waals surface area contributed by atoms with Gasteiger partial charge in [0.25, 0.3) is 0 Å². The first-order chi connectivity index (χ1) is 18.4. The number of hydrogen-bond donors (Lipinski definition) is 3. The lowest BCUT2D eigenvalue weighted by Gasteiger charge is -2.24. The van der Waals surface area contributed by atoms with Gasteiger partial charge in [-0.3, -0.25) is 9.59 Å². The van der Waals surface area contributed by atoms with Gasteiger partial charge in [0, 0.05) is 67.4 Å². The molecule has 0 spiro atoms. The Balaban J connectivity index is 1.77. The molecule has 0 fully saturated rings. The molecule has 8 nitrogen and oxygen atoms in total. The van der Waals surface area contributed by atoms with E-state index in [9.17, 15) is 14.4 Å². The number of para-hydroxylation sites is 1. The molecule has 2 atom stereocenters. The zero-order valence-electron chi connectivity index (χ0n) is 21.6. The molecule has 2 amide bonds. The quantitative estimate of drug-likeness (QED) is 0.205. The summed E-state index contributed by atoms with van der Waals surface area (Å²) in [4.78, 5) is 43.4. The first-order valence-corrected chi connectivity index (χ1v) is 13.7. The van der Waals surface area contributed by atoms with Gasteiger partial charge >= 0.3 is 5.97 Å². The van der Waals surface area contributed by atoms with E-state index in [1.54, 1.807) is 6.92 Å². The van der Waals surface area contributed by atoms with Gasteiger partial charge in [-0.15, -0.1) is 23.2 Å². The molecule has 2 aromatic carbocycles. The maximum atomic E-state index is 13.4. The first kappa shape index (κ1) is 29.3. The van der Waals surface area contributed by atoms with Crippen molar-refractivity contribution < 1.29 is 19.1 Å². The van der Waals surface area contributed by atoms with Crippen LogP contribution in [-0.2, 0) is 32.0 Å². The average Bonchev–Trinajstić information content (AvgIpc) is 3.31. The Kier molecular flexibility index (Phi) is 11.3. The van der Waals surface area contributed by atoms with E-state index in [0.29, 0.717) is 24.8 Å². The van der Waals surface area contributed by atoms with Crippen molar-refractivity contribution in [2.75, 3.05) is 36.4 Å². The van der Waals surface area contributed by atoms with E-state index in [2.05, 4.69) is 20.5 Å². The number of rotatable bonds is 14. The number of amides is 2. The third-order valence-corrected chi connectivity index (χ3v) is 6.47. The van der Waals surface area contributed by atoms with E-state index in [-0.39, 0.29) is 25.4 Å². The van der Waals surface area contributed by atoms with Crippen LogP contribution in [0.5, 0.6) is 0 Å². The number of alkyl halides is 2. The summed E-state index contributed by atoms with van der Waals surface area (Å²) in [7, 11) is 0. The standard InChI is InChI=1S/C28H34Cl2N4O4/c1-3-38-28(37)26(17-21-18-31-24-7-5-4-6-23(21)24)33-27(36)25(32-19(2)35)16-20-8-10-22(11-9-20)34(14-12-29)15-13-30/h4-11,18,25-26,31H,3,12-17H2,1-2H3,(H,32,35)(H,33,36)/t25-,26+/m1/s1. The van der Waals surface area contributed by atoms with Crippen molar-refractivity contribution in [3.05, 3.63) is 65.9 Å². The molecule has 3 N–H and O–H groups in total. The highest BCUT2D eigenvalue weighted by Crippen LogP contribution is 2.20. The smallest absolute Gasteiger partial charge is 0.328 e. The van der Waals surface area contributed by atoms with E-state index in [1.165, 1.54) is 6.92 Å². The molecule has 0 radical (unpaired) electrons. The van der Waals surface area contributed by atoms with Gasteiger partial charge in [-0.25, -0.2) is 4.79 Å². The third kappa shape index (κ3) is 8.13. The topological polar surface area (TPSA) is 104 Å². The van der Waals surface area contributed by atoms with E-state index < -0.39 is 24.0 Å². The molecule has 3 rings (SSSR count). The van der Waals surface area contributed by atoms with Gasteiger partial charge in [0.05, 0.1) is 6.61 Å². The van der Waals surface area contributed by atoms with Crippen LogP contribution in [0, 0.1) is 0 Å². The number of hydrogen-bond acceptors (Lipinski definition) is 5. The molecule has 38 heavy (non-hydrogen) atoms. The molecule has 0 aliphatic heterocycles. The summed E-state index contributed by atoms with van der Waals surface area (Å²) in [6.45, 7) is 4.58. The number of fused-ring (bicyclic) bond motifs is 1.